The van der Waals surface area contributed by atoms with Crippen molar-refractivity contribution in [3.63, 3.8) is 0 Å². The molecule has 3 aromatic rings. The van der Waals surface area contributed by atoms with Gasteiger partial charge in [0.15, 0.2) is 0 Å². The number of piperidine rings is 2. The summed E-state index contributed by atoms with van der Waals surface area (Å²) in [4.78, 5) is 18.2. The van der Waals surface area contributed by atoms with Crippen LogP contribution in [0.3, 0.4) is 0 Å². The van der Waals surface area contributed by atoms with Gasteiger partial charge in [-0.3, -0.25) is 9.69 Å². The van der Waals surface area contributed by atoms with E-state index in [0.29, 0.717) is 10.6 Å². The summed E-state index contributed by atoms with van der Waals surface area (Å²) in [5, 5.41) is 7.12. The zero-order valence-electron chi connectivity index (χ0n) is 21.7. The maximum atomic E-state index is 12.9. The molecule has 194 valence electrons. The van der Waals surface area contributed by atoms with E-state index in [1.807, 2.05) is 61.5 Å². The molecular weight excluding hydrogens is 480 g/mol. The third kappa shape index (κ3) is 6.92. The second-order valence-electron chi connectivity index (χ2n) is 10.4. The number of benzene rings is 3. The number of halogens is 1. The van der Waals surface area contributed by atoms with Gasteiger partial charge < -0.3 is 15.5 Å². The van der Waals surface area contributed by atoms with Crippen LogP contribution in [0.4, 0.5) is 17.1 Å². The fraction of sp³-hybridized carbons (Fsp3) is 0.387. The lowest BCUT2D eigenvalue weighted by atomic mass is 9.99. The Labute approximate surface area is 225 Å². The predicted molar refractivity (Wildman–Crippen MR) is 154 cm³/mol. The lowest BCUT2D eigenvalue weighted by molar-refractivity contribution is 0.0896. The van der Waals surface area contributed by atoms with Crippen molar-refractivity contribution in [1.29, 1.82) is 0 Å². The number of anilines is 3. The van der Waals surface area contributed by atoms with Crippen molar-refractivity contribution in [3.8, 4) is 0 Å². The molecule has 0 atom stereocenters. The van der Waals surface area contributed by atoms with Crippen LogP contribution in [0.1, 0.15) is 53.6 Å². The van der Waals surface area contributed by atoms with Crippen molar-refractivity contribution in [2.45, 2.75) is 51.6 Å². The van der Waals surface area contributed by atoms with E-state index in [1.165, 1.54) is 63.8 Å². The van der Waals surface area contributed by atoms with Gasteiger partial charge in [0.2, 0.25) is 0 Å². The van der Waals surface area contributed by atoms with Crippen molar-refractivity contribution in [3.05, 3.63) is 88.4 Å². The summed E-state index contributed by atoms with van der Waals surface area (Å²) in [6.45, 7) is 7.90. The molecule has 2 N–H and O–H groups in total. The summed E-state index contributed by atoms with van der Waals surface area (Å²) in [6.07, 6.45) is 6.70. The molecule has 0 unspecified atom stereocenters. The van der Waals surface area contributed by atoms with E-state index in [1.54, 1.807) is 0 Å². The van der Waals surface area contributed by atoms with Gasteiger partial charge in [0.1, 0.15) is 0 Å². The van der Waals surface area contributed by atoms with E-state index in [-0.39, 0.29) is 5.91 Å². The van der Waals surface area contributed by atoms with Crippen LogP contribution in [-0.2, 0) is 6.54 Å². The summed E-state index contributed by atoms with van der Waals surface area (Å²) in [5.41, 5.74) is 5.67. The van der Waals surface area contributed by atoms with Crippen LogP contribution in [0.2, 0.25) is 5.02 Å². The number of nitrogens with zero attached hydrogens (tertiary/aromatic N) is 2. The molecule has 2 saturated heterocycles. The number of rotatable bonds is 7. The number of hydrogen-bond donors (Lipinski definition) is 2. The van der Waals surface area contributed by atoms with E-state index >= 15 is 0 Å². The molecular formula is C31H37ClN4O. The number of carbonyl (C=O) groups is 1. The van der Waals surface area contributed by atoms with Gasteiger partial charge in [-0.25, -0.2) is 0 Å². The average Bonchev–Trinajstić information content (AvgIpc) is 2.93. The summed E-state index contributed by atoms with van der Waals surface area (Å²) >= 11 is 5.97. The first-order valence-corrected chi connectivity index (χ1v) is 13.9. The number of nitrogens with one attached hydrogen (secondary N) is 2. The molecule has 2 fully saturated rings. The monoisotopic (exact) mass is 516 g/mol. The molecule has 2 aliphatic rings. The Kier molecular flexibility index (Phi) is 8.45. The van der Waals surface area contributed by atoms with Gasteiger partial charge in [0, 0.05) is 40.2 Å². The fourth-order valence-electron chi connectivity index (χ4n) is 5.51. The summed E-state index contributed by atoms with van der Waals surface area (Å²) in [5.74, 6) is -0.103. The number of likely N-dealkylation sites (tertiary alicyclic amines) is 2. The van der Waals surface area contributed by atoms with Crippen molar-refractivity contribution < 1.29 is 4.79 Å². The van der Waals surface area contributed by atoms with Gasteiger partial charge in [0.05, 0.1) is 0 Å². The second kappa shape index (κ2) is 12.1. The lowest BCUT2D eigenvalue weighted by Crippen LogP contribution is -2.46. The third-order valence-electron chi connectivity index (χ3n) is 7.69. The fourth-order valence-corrected chi connectivity index (χ4v) is 5.64. The van der Waals surface area contributed by atoms with Crippen molar-refractivity contribution in [2.24, 2.45) is 0 Å². The van der Waals surface area contributed by atoms with Crippen molar-refractivity contribution in [2.75, 3.05) is 36.8 Å². The molecule has 5 rings (SSSR count). The maximum absolute atomic E-state index is 12.9. The van der Waals surface area contributed by atoms with Gasteiger partial charge in [-0.2, -0.15) is 0 Å². The Morgan fingerprint density at radius 1 is 0.865 bits per heavy atom. The van der Waals surface area contributed by atoms with Gasteiger partial charge in [-0.05, 0) is 125 Å². The molecule has 0 radical (unpaired) electrons. The van der Waals surface area contributed by atoms with Crippen LogP contribution in [0.25, 0.3) is 0 Å². The molecule has 0 spiro atoms. The quantitative estimate of drug-likeness (QED) is 0.352. The molecule has 2 heterocycles. The van der Waals surface area contributed by atoms with Crippen LogP contribution < -0.4 is 10.6 Å². The van der Waals surface area contributed by atoms with E-state index in [2.05, 4.69) is 32.6 Å². The van der Waals surface area contributed by atoms with E-state index in [9.17, 15) is 4.79 Å². The highest BCUT2D eigenvalue weighted by molar-refractivity contribution is 6.30. The molecule has 6 heteroatoms. The van der Waals surface area contributed by atoms with E-state index in [4.69, 9.17) is 11.6 Å². The average molecular weight is 517 g/mol. The highest BCUT2D eigenvalue weighted by Gasteiger charge is 2.25. The zero-order chi connectivity index (χ0) is 25.6. The normalized spacial score (nSPS) is 17.5. The molecule has 0 aromatic heterocycles. The van der Waals surface area contributed by atoms with E-state index in [0.717, 1.165) is 35.2 Å². The number of amides is 1. The topological polar surface area (TPSA) is 47.6 Å². The molecule has 37 heavy (non-hydrogen) atoms. The SMILES string of the molecule is Cc1cc(C(=O)Nc2ccc(CN3CCC(N4CCCCC4)CC3)cc2)ccc1Nc1ccc(Cl)cc1. The highest BCUT2D eigenvalue weighted by Crippen LogP contribution is 2.25. The first-order valence-electron chi connectivity index (χ1n) is 13.5. The van der Waals surface area contributed by atoms with E-state index < -0.39 is 0 Å². The van der Waals surface area contributed by atoms with Crippen LogP contribution in [0.15, 0.2) is 66.7 Å². The van der Waals surface area contributed by atoms with Gasteiger partial charge in [-0.1, -0.05) is 30.2 Å². The summed E-state index contributed by atoms with van der Waals surface area (Å²) < 4.78 is 0. The van der Waals surface area contributed by atoms with Gasteiger partial charge >= 0.3 is 0 Å². The minimum Gasteiger partial charge on any atom is -0.355 e. The Balaban J connectivity index is 1.11. The van der Waals surface area contributed by atoms with Crippen LogP contribution in [0, 0.1) is 6.92 Å². The summed E-state index contributed by atoms with van der Waals surface area (Å²) in [7, 11) is 0. The number of carbonyl (C=O) groups excluding carboxylic acids is 1. The molecule has 1 amide bonds. The molecule has 2 aliphatic heterocycles. The smallest absolute Gasteiger partial charge is 0.255 e. The maximum Gasteiger partial charge on any atom is 0.255 e. The van der Waals surface area contributed by atoms with Gasteiger partial charge in [0.25, 0.3) is 5.91 Å². The minimum atomic E-state index is -0.103. The lowest BCUT2D eigenvalue weighted by Gasteiger charge is -2.40. The van der Waals surface area contributed by atoms with Gasteiger partial charge in [-0.15, -0.1) is 0 Å². The molecule has 3 aromatic carbocycles. The Morgan fingerprint density at radius 3 is 2.22 bits per heavy atom. The van der Waals surface area contributed by atoms with Crippen LogP contribution in [0.5, 0.6) is 0 Å². The first kappa shape index (κ1) is 25.8. The van der Waals surface area contributed by atoms with Crippen LogP contribution in [-0.4, -0.2) is 47.9 Å². The Hall–Kier alpha value is -2.86. The Morgan fingerprint density at radius 2 is 1.54 bits per heavy atom. The molecule has 0 aliphatic carbocycles. The highest BCUT2D eigenvalue weighted by atomic mass is 35.5. The minimum absolute atomic E-state index is 0.103. The number of aryl methyl sites for hydroxylation is 1. The molecule has 0 bridgehead atoms. The second-order valence-corrected chi connectivity index (χ2v) is 10.9. The molecule has 0 saturated carbocycles. The Bertz CT molecular complexity index is 1180. The zero-order valence-corrected chi connectivity index (χ0v) is 22.4. The largest absolute Gasteiger partial charge is 0.355 e. The summed E-state index contributed by atoms with van der Waals surface area (Å²) in [6, 6.07) is 22.3. The third-order valence-corrected chi connectivity index (χ3v) is 7.95. The standard InChI is InChI=1S/C31H37ClN4O/c1-23-21-25(7-14-30(23)33-27-12-8-26(32)9-13-27)31(37)34-28-10-5-24(6-11-28)22-35-19-15-29(16-20-35)36-17-3-2-4-18-36/h5-14,21,29,33H,2-4,15-20,22H2,1H3,(H,34,37). The predicted octanol–water partition coefficient (Wildman–Crippen LogP) is 7.09. The van der Waals surface area contributed by atoms with Crippen LogP contribution >= 0.6 is 11.6 Å². The number of hydrogen-bond acceptors (Lipinski definition) is 4. The van der Waals surface area contributed by atoms with Crippen molar-refractivity contribution >= 4 is 34.6 Å². The van der Waals surface area contributed by atoms with Crippen molar-refractivity contribution in [1.82, 2.24) is 9.80 Å². The first-order chi connectivity index (χ1) is 18.0. The molecule has 5 nitrogen and oxygen atoms in total.